The first-order valence-corrected chi connectivity index (χ1v) is 11.5. The highest BCUT2D eigenvalue weighted by Gasteiger charge is 2.25. The van der Waals surface area contributed by atoms with E-state index >= 15 is 0 Å². The number of anilines is 1. The molecule has 1 aromatic heterocycles. The number of aromatic nitrogens is 3. The van der Waals surface area contributed by atoms with E-state index in [4.69, 9.17) is 4.74 Å². The van der Waals surface area contributed by atoms with Crippen LogP contribution in [-0.2, 0) is 23.0 Å². The van der Waals surface area contributed by atoms with E-state index in [0.29, 0.717) is 24.9 Å². The van der Waals surface area contributed by atoms with Gasteiger partial charge in [-0.05, 0) is 31.0 Å². The number of halogens is 2. The molecule has 33 heavy (non-hydrogen) atoms. The van der Waals surface area contributed by atoms with E-state index in [1.54, 1.807) is 4.57 Å². The zero-order chi connectivity index (χ0) is 23.8. The standard InChI is InChI=1S/C20H19F2N5O5S/c1-32-18-7-6-12(9-17(18)27(28)29)33(30,31)25-16-10-13(14(21)11-15(16)22)20-24-23-19-5-3-2-4-8-26(19)20/h6-7,9-11,25H,2-5,8H2,1H3. The third-order valence-electron chi connectivity index (χ3n) is 5.31. The molecule has 10 nitrogen and oxygen atoms in total. The van der Waals surface area contributed by atoms with E-state index < -0.39 is 42.9 Å². The molecule has 1 aliphatic heterocycles. The summed E-state index contributed by atoms with van der Waals surface area (Å²) < 4.78 is 63.5. The second-order valence-electron chi connectivity index (χ2n) is 7.41. The number of nitrogens with one attached hydrogen (secondary N) is 1. The average molecular weight is 479 g/mol. The third kappa shape index (κ3) is 4.35. The largest absolute Gasteiger partial charge is 0.490 e. The highest BCUT2D eigenvalue weighted by atomic mass is 32.2. The van der Waals surface area contributed by atoms with Crippen molar-refractivity contribution < 1.29 is 26.9 Å². The molecular formula is C20H19F2N5O5S. The van der Waals surface area contributed by atoms with Gasteiger partial charge in [0.05, 0.1) is 28.2 Å². The van der Waals surface area contributed by atoms with E-state index in [9.17, 15) is 27.3 Å². The van der Waals surface area contributed by atoms with Gasteiger partial charge in [0.15, 0.2) is 11.6 Å². The van der Waals surface area contributed by atoms with Gasteiger partial charge in [-0.3, -0.25) is 14.8 Å². The lowest BCUT2D eigenvalue weighted by Crippen LogP contribution is -2.15. The number of methoxy groups -OCH3 is 1. The molecule has 2 heterocycles. The molecule has 0 aliphatic carbocycles. The normalized spacial score (nSPS) is 13.8. The fourth-order valence-electron chi connectivity index (χ4n) is 3.67. The Bertz CT molecular complexity index is 1340. The Balaban J connectivity index is 1.73. The molecule has 0 amide bonds. The van der Waals surface area contributed by atoms with Crippen molar-refractivity contribution in [1.82, 2.24) is 14.8 Å². The minimum atomic E-state index is -4.45. The van der Waals surface area contributed by atoms with Crippen molar-refractivity contribution in [1.29, 1.82) is 0 Å². The number of fused-ring (bicyclic) bond motifs is 1. The number of nitro groups is 1. The number of rotatable bonds is 6. The number of nitrogens with zero attached hydrogens (tertiary/aromatic N) is 4. The summed E-state index contributed by atoms with van der Waals surface area (Å²) in [7, 11) is -3.25. The topological polar surface area (TPSA) is 129 Å². The summed E-state index contributed by atoms with van der Waals surface area (Å²) in [6.45, 7) is 0.561. The van der Waals surface area contributed by atoms with Gasteiger partial charge in [-0.1, -0.05) is 6.42 Å². The van der Waals surface area contributed by atoms with Crippen LogP contribution in [0.5, 0.6) is 5.75 Å². The molecule has 2 aromatic carbocycles. The maximum atomic E-state index is 14.7. The van der Waals surface area contributed by atoms with Crippen LogP contribution in [0.4, 0.5) is 20.2 Å². The van der Waals surface area contributed by atoms with Crippen LogP contribution in [0.2, 0.25) is 0 Å². The van der Waals surface area contributed by atoms with Crippen LogP contribution in [0.3, 0.4) is 0 Å². The predicted octanol–water partition coefficient (Wildman–Crippen LogP) is 3.67. The van der Waals surface area contributed by atoms with Crippen LogP contribution in [0.25, 0.3) is 11.4 Å². The second-order valence-corrected chi connectivity index (χ2v) is 9.09. The van der Waals surface area contributed by atoms with Crippen LogP contribution >= 0.6 is 0 Å². The van der Waals surface area contributed by atoms with Crippen LogP contribution in [-0.4, -0.2) is 35.2 Å². The van der Waals surface area contributed by atoms with Gasteiger partial charge in [-0.2, -0.15) is 0 Å². The molecule has 0 fully saturated rings. The van der Waals surface area contributed by atoms with Gasteiger partial charge < -0.3 is 9.30 Å². The summed E-state index contributed by atoms with van der Waals surface area (Å²) in [4.78, 5) is 9.93. The molecule has 174 valence electrons. The SMILES string of the molecule is COc1ccc(S(=O)(=O)Nc2cc(-c3nnc4n3CCCCC4)c(F)cc2F)cc1[N+](=O)[O-]. The van der Waals surface area contributed by atoms with Crippen LogP contribution in [0.15, 0.2) is 35.2 Å². The van der Waals surface area contributed by atoms with Crippen LogP contribution in [0, 0.1) is 21.7 Å². The Kier molecular flexibility index (Phi) is 5.97. The van der Waals surface area contributed by atoms with Gasteiger partial charge in [0, 0.05) is 25.1 Å². The molecule has 4 rings (SSSR count). The van der Waals surface area contributed by atoms with Crippen LogP contribution in [0.1, 0.15) is 25.1 Å². The number of hydrogen-bond acceptors (Lipinski definition) is 7. The second kappa shape index (κ2) is 8.73. The minimum Gasteiger partial charge on any atom is -0.490 e. The molecule has 1 aliphatic rings. The molecule has 0 unspecified atom stereocenters. The molecule has 0 saturated carbocycles. The first-order valence-electron chi connectivity index (χ1n) is 9.98. The van der Waals surface area contributed by atoms with E-state index in [1.807, 2.05) is 4.72 Å². The quantitative estimate of drug-likeness (QED) is 0.422. The fraction of sp³-hybridized carbons (Fsp3) is 0.300. The summed E-state index contributed by atoms with van der Waals surface area (Å²) in [5.74, 6) is -1.36. The Hall–Kier alpha value is -3.61. The van der Waals surface area contributed by atoms with Gasteiger partial charge in [-0.25, -0.2) is 17.2 Å². The van der Waals surface area contributed by atoms with Crippen molar-refractivity contribution >= 4 is 21.4 Å². The van der Waals surface area contributed by atoms with Crippen molar-refractivity contribution in [3.05, 3.63) is 57.9 Å². The molecule has 13 heteroatoms. The number of sulfonamides is 1. The molecule has 3 aromatic rings. The molecule has 0 bridgehead atoms. The summed E-state index contributed by atoms with van der Waals surface area (Å²) in [5, 5.41) is 19.3. The summed E-state index contributed by atoms with van der Waals surface area (Å²) in [6.07, 6.45) is 3.42. The smallest absolute Gasteiger partial charge is 0.312 e. The average Bonchev–Trinajstić information content (AvgIpc) is 3.02. The summed E-state index contributed by atoms with van der Waals surface area (Å²) >= 11 is 0. The molecule has 0 radical (unpaired) electrons. The van der Waals surface area contributed by atoms with E-state index in [0.717, 1.165) is 43.5 Å². The Labute approximate surface area is 187 Å². The Morgan fingerprint density at radius 2 is 1.91 bits per heavy atom. The maximum absolute atomic E-state index is 14.7. The fourth-order valence-corrected chi connectivity index (χ4v) is 4.74. The monoisotopic (exact) mass is 479 g/mol. The lowest BCUT2D eigenvalue weighted by molar-refractivity contribution is -0.386. The van der Waals surface area contributed by atoms with Gasteiger partial charge >= 0.3 is 5.69 Å². The van der Waals surface area contributed by atoms with E-state index in [1.165, 1.54) is 7.11 Å². The van der Waals surface area contributed by atoms with Gasteiger partial charge in [-0.15, -0.1) is 10.2 Å². The van der Waals surface area contributed by atoms with Gasteiger partial charge in [0.1, 0.15) is 17.5 Å². The zero-order valence-corrected chi connectivity index (χ0v) is 18.2. The molecule has 0 saturated heterocycles. The highest BCUT2D eigenvalue weighted by Crippen LogP contribution is 2.33. The summed E-state index contributed by atoms with van der Waals surface area (Å²) in [6, 6.07) is 4.55. The first kappa shape index (κ1) is 22.6. The summed E-state index contributed by atoms with van der Waals surface area (Å²) in [5.41, 5.74) is -1.22. The van der Waals surface area contributed by atoms with Crippen molar-refractivity contribution in [2.45, 2.75) is 37.1 Å². The molecule has 1 N–H and O–H groups in total. The number of benzene rings is 2. The Morgan fingerprint density at radius 3 is 2.64 bits per heavy atom. The predicted molar refractivity (Wildman–Crippen MR) is 113 cm³/mol. The first-order chi connectivity index (χ1) is 15.7. The number of hydrogen-bond donors (Lipinski definition) is 1. The molecule has 0 atom stereocenters. The molecular weight excluding hydrogens is 460 g/mol. The Morgan fingerprint density at radius 1 is 1.12 bits per heavy atom. The van der Waals surface area contributed by atoms with Crippen molar-refractivity contribution in [2.75, 3.05) is 11.8 Å². The number of aryl methyl sites for hydroxylation is 1. The molecule has 0 spiro atoms. The van der Waals surface area contributed by atoms with Crippen molar-refractivity contribution in [3.8, 4) is 17.1 Å². The van der Waals surface area contributed by atoms with E-state index in [-0.39, 0.29) is 17.1 Å². The van der Waals surface area contributed by atoms with E-state index in [2.05, 4.69) is 10.2 Å². The van der Waals surface area contributed by atoms with Crippen LogP contribution < -0.4 is 9.46 Å². The minimum absolute atomic E-state index is 0.115. The highest BCUT2D eigenvalue weighted by molar-refractivity contribution is 7.92. The maximum Gasteiger partial charge on any atom is 0.312 e. The van der Waals surface area contributed by atoms with Crippen molar-refractivity contribution in [3.63, 3.8) is 0 Å². The lowest BCUT2D eigenvalue weighted by Gasteiger charge is -2.13. The lowest BCUT2D eigenvalue weighted by atomic mass is 10.1. The van der Waals surface area contributed by atoms with Crippen molar-refractivity contribution in [2.24, 2.45) is 0 Å². The third-order valence-corrected chi connectivity index (χ3v) is 6.67. The van der Waals surface area contributed by atoms with Gasteiger partial charge in [0.25, 0.3) is 10.0 Å². The zero-order valence-electron chi connectivity index (χ0n) is 17.4. The number of nitro benzene ring substituents is 1. The van der Waals surface area contributed by atoms with Gasteiger partial charge in [0.2, 0.25) is 0 Å². The number of ether oxygens (including phenoxy) is 1.